The van der Waals surface area contributed by atoms with Crippen molar-refractivity contribution in [1.82, 2.24) is 0 Å². The molecule has 3 rings (SSSR count). The second-order valence-corrected chi connectivity index (χ2v) is 9.84. The zero-order valence-electron chi connectivity index (χ0n) is 16.1. The maximum atomic E-state index is 12.7. The molecule has 0 N–H and O–H groups in total. The van der Waals surface area contributed by atoms with Crippen LogP contribution in [0.4, 0.5) is 0 Å². The summed E-state index contributed by atoms with van der Waals surface area (Å²) in [5.74, 6) is 1.74. The van der Waals surface area contributed by atoms with Crippen molar-refractivity contribution in [3.63, 3.8) is 0 Å². The summed E-state index contributed by atoms with van der Waals surface area (Å²) < 4.78 is 31.3. The van der Waals surface area contributed by atoms with Gasteiger partial charge in [-0.05, 0) is 48.4 Å². The molecule has 1 saturated carbocycles. The normalized spacial score (nSPS) is 15.9. The Bertz CT molecular complexity index is 811. The van der Waals surface area contributed by atoms with E-state index in [1.807, 2.05) is 61.5 Å². The molecule has 1 fully saturated rings. The minimum absolute atomic E-state index is 0.142. The average molecular weight is 387 g/mol. The van der Waals surface area contributed by atoms with E-state index in [4.69, 9.17) is 4.74 Å². The zero-order chi connectivity index (χ0) is 19.1. The van der Waals surface area contributed by atoms with Crippen LogP contribution in [0.15, 0.2) is 54.6 Å². The molecule has 0 radical (unpaired) electrons. The van der Waals surface area contributed by atoms with Crippen molar-refractivity contribution >= 4 is 9.84 Å². The summed E-state index contributed by atoms with van der Waals surface area (Å²) in [4.78, 5) is 0. The molecule has 0 bridgehead atoms. The van der Waals surface area contributed by atoms with Crippen molar-refractivity contribution in [3.8, 4) is 5.75 Å². The Labute approximate surface area is 163 Å². The third-order valence-electron chi connectivity index (χ3n) is 5.40. The number of ether oxygens (including phenoxy) is 1. The third-order valence-corrected chi connectivity index (χ3v) is 7.15. The number of hydrogen-bond acceptors (Lipinski definition) is 3. The molecule has 3 nitrogen and oxygen atoms in total. The van der Waals surface area contributed by atoms with Gasteiger partial charge in [-0.2, -0.15) is 0 Å². The predicted molar refractivity (Wildman–Crippen MR) is 111 cm³/mol. The van der Waals surface area contributed by atoms with Gasteiger partial charge in [-0.3, -0.25) is 0 Å². The molecular formula is C23H30O3S. The van der Waals surface area contributed by atoms with Crippen molar-refractivity contribution in [2.75, 3.05) is 18.1 Å². The van der Waals surface area contributed by atoms with Crippen LogP contribution in [0.3, 0.4) is 0 Å². The average Bonchev–Trinajstić information content (AvgIpc) is 2.64. The topological polar surface area (TPSA) is 43.4 Å². The van der Waals surface area contributed by atoms with Crippen molar-refractivity contribution in [2.45, 2.75) is 44.9 Å². The van der Waals surface area contributed by atoms with Crippen LogP contribution < -0.4 is 4.74 Å². The van der Waals surface area contributed by atoms with Gasteiger partial charge >= 0.3 is 0 Å². The van der Waals surface area contributed by atoms with Gasteiger partial charge in [0, 0.05) is 5.92 Å². The second-order valence-electron chi connectivity index (χ2n) is 7.61. The molecular weight excluding hydrogens is 356 g/mol. The quantitative estimate of drug-likeness (QED) is 0.563. The highest BCUT2D eigenvalue weighted by atomic mass is 32.2. The van der Waals surface area contributed by atoms with Crippen molar-refractivity contribution < 1.29 is 13.2 Å². The fraction of sp³-hybridized carbons (Fsp3) is 0.478. The zero-order valence-corrected chi connectivity index (χ0v) is 17.0. The molecule has 0 heterocycles. The monoisotopic (exact) mass is 386 g/mol. The third kappa shape index (κ3) is 5.83. The van der Waals surface area contributed by atoms with Crippen molar-refractivity contribution in [2.24, 2.45) is 5.92 Å². The summed E-state index contributed by atoms with van der Waals surface area (Å²) in [5.41, 5.74) is 2.04. The van der Waals surface area contributed by atoms with Gasteiger partial charge in [-0.25, -0.2) is 8.42 Å². The Kier molecular flexibility index (Phi) is 6.95. The molecule has 1 aliphatic carbocycles. The summed E-state index contributed by atoms with van der Waals surface area (Å²) in [6.45, 7) is 2.78. The molecule has 1 aliphatic rings. The van der Waals surface area contributed by atoms with Gasteiger partial charge in [-0.1, -0.05) is 62.2 Å². The van der Waals surface area contributed by atoms with E-state index in [-0.39, 0.29) is 17.4 Å². The van der Waals surface area contributed by atoms with Gasteiger partial charge in [0.25, 0.3) is 0 Å². The van der Waals surface area contributed by atoms with E-state index < -0.39 is 9.84 Å². The first-order valence-electron chi connectivity index (χ1n) is 10.1. The van der Waals surface area contributed by atoms with Gasteiger partial charge in [0.1, 0.15) is 5.75 Å². The lowest BCUT2D eigenvalue weighted by Crippen LogP contribution is -2.20. The number of unbranched alkanes of at least 4 members (excludes halogenated alkanes) is 1. The Balaban J connectivity index is 1.81. The van der Waals surface area contributed by atoms with Gasteiger partial charge < -0.3 is 4.74 Å². The van der Waals surface area contributed by atoms with Crippen LogP contribution in [0.1, 0.15) is 56.1 Å². The largest absolute Gasteiger partial charge is 0.493 e. The van der Waals surface area contributed by atoms with Crippen molar-refractivity contribution in [1.29, 1.82) is 0 Å². The van der Waals surface area contributed by atoms with E-state index in [0.29, 0.717) is 12.3 Å². The molecule has 0 amide bonds. The van der Waals surface area contributed by atoms with E-state index in [9.17, 15) is 8.42 Å². The van der Waals surface area contributed by atoms with E-state index in [1.165, 1.54) is 19.3 Å². The summed E-state index contributed by atoms with van der Waals surface area (Å²) in [5, 5.41) is 0. The first kappa shape index (κ1) is 19.9. The van der Waals surface area contributed by atoms with E-state index in [2.05, 4.69) is 0 Å². The highest BCUT2D eigenvalue weighted by molar-refractivity contribution is 7.91. The lowest BCUT2D eigenvalue weighted by atomic mass is 9.86. The van der Waals surface area contributed by atoms with E-state index >= 15 is 0 Å². The summed E-state index contributed by atoms with van der Waals surface area (Å²) in [6.07, 6.45) is 5.41. The van der Waals surface area contributed by atoms with Gasteiger partial charge in [0.2, 0.25) is 0 Å². The minimum atomic E-state index is -3.11. The Morgan fingerprint density at radius 2 is 1.78 bits per heavy atom. The summed E-state index contributed by atoms with van der Waals surface area (Å²) in [6, 6.07) is 17.9. The summed E-state index contributed by atoms with van der Waals surface area (Å²) in [7, 11) is -3.11. The molecule has 0 aromatic heterocycles. The molecule has 146 valence electrons. The van der Waals surface area contributed by atoms with Crippen LogP contribution >= 0.6 is 0 Å². The fourth-order valence-corrected chi connectivity index (χ4v) is 5.25. The lowest BCUT2D eigenvalue weighted by molar-refractivity contribution is 0.180. The van der Waals surface area contributed by atoms with Crippen LogP contribution in [0, 0.1) is 5.92 Å². The molecule has 0 spiro atoms. The van der Waals surface area contributed by atoms with E-state index in [0.717, 1.165) is 29.9 Å². The van der Waals surface area contributed by atoms with Crippen LogP contribution in [0.25, 0.3) is 0 Å². The maximum absolute atomic E-state index is 12.7. The fourth-order valence-electron chi connectivity index (χ4n) is 3.47. The molecule has 0 aliphatic heterocycles. The molecule has 1 unspecified atom stereocenters. The minimum Gasteiger partial charge on any atom is -0.493 e. The molecule has 27 heavy (non-hydrogen) atoms. The van der Waals surface area contributed by atoms with E-state index in [1.54, 1.807) is 0 Å². The predicted octanol–water partition coefficient (Wildman–Crippen LogP) is 5.21. The number of sulfone groups is 1. The smallest absolute Gasteiger partial charge is 0.151 e. The highest BCUT2D eigenvalue weighted by Gasteiger charge is 2.23. The molecule has 4 heteroatoms. The Morgan fingerprint density at radius 1 is 1.04 bits per heavy atom. The van der Waals surface area contributed by atoms with Crippen LogP contribution in [-0.2, 0) is 9.84 Å². The molecule has 2 aromatic carbocycles. The molecule has 2 aromatic rings. The first-order valence-corrected chi connectivity index (χ1v) is 11.9. The van der Waals surface area contributed by atoms with Crippen LogP contribution in [0.2, 0.25) is 0 Å². The standard InChI is InChI=1S/C23H30O3S/c1-2-3-15-27(24,25)18-23(20-11-5-4-6-12-20)21-13-8-14-22(16-21)26-17-19-9-7-10-19/h4-6,8,11-14,16,19,23H,2-3,7,9-10,15,17-18H2,1H3. The SMILES string of the molecule is CCCCS(=O)(=O)CC(c1ccccc1)c1cccc(OCC2CCC2)c1. The molecule has 0 saturated heterocycles. The van der Waals surface area contributed by atoms with Crippen LogP contribution in [0.5, 0.6) is 5.75 Å². The summed E-state index contributed by atoms with van der Waals surface area (Å²) >= 11 is 0. The van der Waals surface area contributed by atoms with Crippen molar-refractivity contribution in [3.05, 3.63) is 65.7 Å². The highest BCUT2D eigenvalue weighted by Crippen LogP contribution is 2.31. The number of rotatable bonds is 10. The van der Waals surface area contributed by atoms with Crippen LogP contribution in [-0.4, -0.2) is 26.5 Å². The van der Waals surface area contributed by atoms with Gasteiger partial charge in [-0.15, -0.1) is 0 Å². The lowest BCUT2D eigenvalue weighted by Gasteiger charge is -2.25. The second kappa shape index (κ2) is 9.41. The first-order chi connectivity index (χ1) is 13.1. The molecule has 1 atom stereocenters. The van der Waals surface area contributed by atoms with Gasteiger partial charge in [0.15, 0.2) is 9.84 Å². The van der Waals surface area contributed by atoms with Gasteiger partial charge in [0.05, 0.1) is 18.1 Å². The maximum Gasteiger partial charge on any atom is 0.151 e. The number of benzene rings is 2. The Morgan fingerprint density at radius 3 is 2.44 bits per heavy atom. The Hall–Kier alpha value is -1.81. The number of hydrogen-bond donors (Lipinski definition) is 0.